The molecule has 3 N–H and O–H groups in total. The van der Waals surface area contributed by atoms with Gasteiger partial charge in [-0.25, -0.2) is 0 Å². The first-order chi connectivity index (χ1) is 14.0. The van der Waals surface area contributed by atoms with Gasteiger partial charge in [0.05, 0.1) is 0 Å². The van der Waals surface area contributed by atoms with Gasteiger partial charge in [0.15, 0.2) is 5.11 Å². The summed E-state index contributed by atoms with van der Waals surface area (Å²) in [6.45, 7) is 11.3. The largest absolute Gasteiger partial charge is 0.507 e. The van der Waals surface area contributed by atoms with E-state index in [2.05, 4.69) is 57.4 Å². The zero-order chi connectivity index (χ0) is 21.8. The predicted molar refractivity (Wildman–Crippen MR) is 125 cm³/mol. The van der Waals surface area contributed by atoms with Gasteiger partial charge in [-0.1, -0.05) is 39.8 Å². The molecule has 0 spiro atoms. The highest BCUT2D eigenvalue weighted by atomic mass is 32.1. The van der Waals surface area contributed by atoms with Crippen molar-refractivity contribution in [2.24, 2.45) is 0 Å². The standard InChI is InChI=1S/C25H28N2O2S/c1-14-10-18-19(25(4,5)9-8-24(18,2)3)13-16(14)17-11-15(6-7-21(17)28)12-20-22(29)27-23(30)26-20/h6-7,10-13,28H,8-9H2,1-5H3,(H2,26,27,29,30)/b20-12-. The molecule has 2 aromatic rings. The van der Waals surface area contributed by atoms with Gasteiger partial charge in [-0.2, -0.15) is 0 Å². The number of amides is 1. The monoisotopic (exact) mass is 420 g/mol. The van der Waals surface area contributed by atoms with E-state index in [4.69, 9.17) is 12.2 Å². The second-order valence-corrected chi connectivity index (χ2v) is 10.1. The van der Waals surface area contributed by atoms with Crippen molar-refractivity contribution in [2.75, 3.05) is 0 Å². The van der Waals surface area contributed by atoms with Gasteiger partial charge in [0.1, 0.15) is 11.4 Å². The van der Waals surface area contributed by atoms with Crippen LogP contribution in [-0.2, 0) is 15.6 Å². The molecule has 2 aliphatic rings. The summed E-state index contributed by atoms with van der Waals surface area (Å²) in [5.41, 5.74) is 7.14. The van der Waals surface area contributed by atoms with E-state index in [1.807, 2.05) is 6.07 Å². The van der Waals surface area contributed by atoms with E-state index in [9.17, 15) is 9.90 Å². The Morgan fingerprint density at radius 3 is 2.20 bits per heavy atom. The minimum absolute atomic E-state index is 0.0874. The zero-order valence-electron chi connectivity index (χ0n) is 18.1. The minimum atomic E-state index is -0.247. The number of phenols is 1. The van der Waals surface area contributed by atoms with E-state index in [1.54, 1.807) is 18.2 Å². The summed E-state index contributed by atoms with van der Waals surface area (Å²) in [5, 5.41) is 16.4. The van der Waals surface area contributed by atoms with Crippen molar-refractivity contribution in [3.63, 3.8) is 0 Å². The summed E-state index contributed by atoms with van der Waals surface area (Å²) in [6, 6.07) is 9.95. The average molecular weight is 421 g/mol. The van der Waals surface area contributed by atoms with E-state index >= 15 is 0 Å². The average Bonchev–Trinajstić information content (AvgIpc) is 2.97. The van der Waals surface area contributed by atoms with E-state index in [-0.39, 0.29) is 22.5 Å². The molecular weight excluding hydrogens is 392 g/mol. The number of phenolic OH excluding ortho intramolecular Hbond substituents is 1. The molecule has 2 aromatic carbocycles. The zero-order valence-corrected chi connectivity index (χ0v) is 19.0. The third-order valence-corrected chi connectivity index (χ3v) is 6.74. The molecule has 0 atom stereocenters. The Labute approximate surface area is 183 Å². The Morgan fingerprint density at radius 2 is 1.60 bits per heavy atom. The van der Waals surface area contributed by atoms with Crippen molar-refractivity contribution >= 4 is 29.3 Å². The fourth-order valence-corrected chi connectivity index (χ4v) is 4.72. The predicted octanol–water partition coefficient (Wildman–Crippen LogP) is 5.06. The molecule has 1 saturated heterocycles. The van der Waals surface area contributed by atoms with Gasteiger partial charge in [0, 0.05) is 5.56 Å². The van der Waals surface area contributed by atoms with Gasteiger partial charge >= 0.3 is 0 Å². The summed E-state index contributed by atoms with van der Waals surface area (Å²) in [7, 11) is 0. The summed E-state index contributed by atoms with van der Waals surface area (Å²) in [6.07, 6.45) is 4.05. The minimum Gasteiger partial charge on any atom is -0.507 e. The molecule has 156 valence electrons. The van der Waals surface area contributed by atoms with E-state index in [0.29, 0.717) is 10.8 Å². The van der Waals surface area contributed by atoms with Gasteiger partial charge in [0.25, 0.3) is 5.91 Å². The van der Waals surface area contributed by atoms with E-state index < -0.39 is 0 Å². The SMILES string of the molecule is Cc1cc2c(cc1-c1cc(/C=C3\NC(=S)NC3=O)ccc1O)C(C)(C)CCC2(C)C. The lowest BCUT2D eigenvalue weighted by Crippen LogP contribution is -2.34. The third kappa shape index (κ3) is 3.52. The lowest BCUT2D eigenvalue weighted by atomic mass is 9.62. The maximum Gasteiger partial charge on any atom is 0.273 e. The molecule has 30 heavy (non-hydrogen) atoms. The van der Waals surface area contributed by atoms with Crippen LogP contribution in [0, 0.1) is 6.92 Å². The number of nitrogens with one attached hydrogen (secondary N) is 2. The molecule has 1 aliphatic carbocycles. The van der Waals surface area contributed by atoms with Crippen LogP contribution in [0.3, 0.4) is 0 Å². The Kier molecular flexibility index (Phi) is 4.77. The molecule has 4 nitrogen and oxygen atoms in total. The Balaban J connectivity index is 1.84. The van der Waals surface area contributed by atoms with Crippen molar-refractivity contribution in [3.8, 4) is 16.9 Å². The fraction of sp³-hybridized carbons (Fsp3) is 0.360. The van der Waals surface area contributed by atoms with Crippen LogP contribution in [0.2, 0.25) is 0 Å². The summed E-state index contributed by atoms with van der Waals surface area (Å²) < 4.78 is 0. The van der Waals surface area contributed by atoms with Crippen LogP contribution >= 0.6 is 12.2 Å². The van der Waals surface area contributed by atoms with Crippen molar-refractivity contribution in [1.82, 2.24) is 10.6 Å². The number of aromatic hydroxyl groups is 1. The van der Waals surface area contributed by atoms with Crippen LogP contribution in [-0.4, -0.2) is 16.1 Å². The molecule has 4 rings (SSSR count). The number of carbonyl (C=O) groups excluding carboxylic acids is 1. The van der Waals surface area contributed by atoms with Gasteiger partial charge < -0.3 is 10.4 Å². The third-order valence-electron chi connectivity index (χ3n) is 6.54. The second kappa shape index (κ2) is 6.95. The topological polar surface area (TPSA) is 61.4 Å². The number of thiocarbonyl (C=S) groups is 1. The molecule has 0 radical (unpaired) electrons. The number of hydrogen-bond donors (Lipinski definition) is 3. The van der Waals surface area contributed by atoms with Crippen LogP contribution in [0.15, 0.2) is 36.0 Å². The first-order valence-corrected chi connectivity index (χ1v) is 10.7. The molecule has 1 fully saturated rings. The van der Waals surface area contributed by atoms with Crippen LogP contribution in [0.25, 0.3) is 17.2 Å². The lowest BCUT2D eigenvalue weighted by Gasteiger charge is -2.42. The quantitative estimate of drug-likeness (QED) is 0.469. The maximum atomic E-state index is 12.0. The number of rotatable bonds is 2. The fourth-order valence-electron chi connectivity index (χ4n) is 4.52. The Bertz CT molecular complexity index is 1110. The smallest absolute Gasteiger partial charge is 0.273 e. The maximum absolute atomic E-state index is 12.0. The van der Waals surface area contributed by atoms with Gasteiger partial charge in [0.2, 0.25) is 0 Å². The van der Waals surface area contributed by atoms with E-state index in [0.717, 1.165) is 35.1 Å². The molecule has 1 aliphatic heterocycles. The second-order valence-electron chi connectivity index (χ2n) is 9.72. The highest BCUT2D eigenvalue weighted by Crippen LogP contribution is 2.48. The van der Waals surface area contributed by atoms with Gasteiger partial charge in [-0.3, -0.25) is 10.1 Å². The molecule has 0 saturated carbocycles. The van der Waals surface area contributed by atoms with Gasteiger partial charge in [-0.05, 0) is 94.9 Å². The summed E-state index contributed by atoms with van der Waals surface area (Å²) in [4.78, 5) is 12.0. The highest BCUT2D eigenvalue weighted by Gasteiger charge is 2.37. The van der Waals surface area contributed by atoms with E-state index in [1.165, 1.54) is 11.1 Å². The molecule has 0 unspecified atom stereocenters. The highest BCUT2D eigenvalue weighted by molar-refractivity contribution is 7.80. The normalized spacial score (nSPS) is 20.6. The van der Waals surface area contributed by atoms with Crippen LogP contribution < -0.4 is 10.6 Å². The number of carbonyl (C=O) groups is 1. The van der Waals surface area contributed by atoms with Gasteiger partial charge in [-0.15, -0.1) is 0 Å². The first kappa shape index (κ1) is 20.6. The van der Waals surface area contributed by atoms with Crippen molar-refractivity contribution < 1.29 is 9.90 Å². The molecule has 5 heteroatoms. The number of fused-ring (bicyclic) bond motifs is 1. The van der Waals surface area contributed by atoms with Crippen molar-refractivity contribution in [1.29, 1.82) is 0 Å². The molecular formula is C25H28N2O2S. The number of aryl methyl sites for hydroxylation is 1. The summed E-state index contributed by atoms with van der Waals surface area (Å²) >= 11 is 5.00. The molecule has 1 heterocycles. The number of hydrogen-bond acceptors (Lipinski definition) is 3. The van der Waals surface area contributed by atoms with Crippen LogP contribution in [0.4, 0.5) is 0 Å². The van der Waals surface area contributed by atoms with Crippen molar-refractivity contribution in [3.05, 3.63) is 58.3 Å². The molecule has 0 aromatic heterocycles. The lowest BCUT2D eigenvalue weighted by molar-refractivity contribution is -0.115. The van der Waals surface area contributed by atoms with Crippen LogP contribution in [0.1, 0.15) is 62.8 Å². The van der Waals surface area contributed by atoms with Crippen LogP contribution in [0.5, 0.6) is 5.75 Å². The molecule has 0 bridgehead atoms. The first-order valence-electron chi connectivity index (χ1n) is 10.3. The van der Waals surface area contributed by atoms with Crippen molar-refractivity contribution in [2.45, 2.75) is 58.3 Å². The number of benzene rings is 2. The Morgan fingerprint density at radius 1 is 0.967 bits per heavy atom. The summed E-state index contributed by atoms with van der Waals surface area (Å²) in [5.74, 6) is -0.0176. The molecule has 1 amide bonds. The Hall–Kier alpha value is -2.66.